The summed E-state index contributed by atoms with van der Waals surface area (Å²) in [6.07, 6.45) is 2.15. The van der Waals surface area contributed by atoms with Gasteiger partial charge in [-0.25, -0.2) is 0 Å². The predicted octanol–water partition coefficient (Wildman–Crippen LogP) is 0.0381. The number of carboxylic acid groups (broad SMARTS) is 1. The minimum atomic E-state index is -1.06. The quantitative estimate of drug-likeness (QED) is 0.503. The molecule has 23 heavy (non-hydrogen) atoms. The number of carbonyl (C=O) groups is 1. The number of aliphatic carboxylic acids is 1. The van der Waals surface area contributed by atoms with E-state index in [4.69, 9.17) is 16.3 Å². The van der Waals surface area contributed by atoms with Crippen LogP contribution in [0.5, 0.6) is 5.75 Å². The molecule has 3 nitrogen and oxygen atoms in total. The number of benzene rings is 2. The molecule has 0 aliphatic heterocycles. The topological polar surface area (TPSA) is 49.4 Å². The number of ether oxygens (including phenoxy) is 1. The third kappa shape index (κ3) is 7.40. The van der Waals surface area contributed by atoms with E-state index < -0.39 is 5.97 Å². The summed E-state index contributed by atoms with van der Waals surface area (Å²) in [6, 6.07) is 15.5. The molecule has 116 valence electrons. The first-order valence-corrected chi connectivity index (χ1v) is 7.68. The van der Waals surface area contributed by atoms with Gasteiger partial charge in [0.1, 0.15) is 5.75 Å². The molecule has 5 heteroatoms. The monoisotopic (exact) mass is 340 g/mol. The molecule has 0 aliphatic rings. The van der Waals surface area contributed by atoms with Gasteiger partial charge in [0.05, 0.1) is 6.61 Å². The number of carbonyl (C=O) groups excluding carboxylic acids is 1. The summed E-state index contributed by atoms with van der Waals surface area (Å²) in [4.78, 5) is 10.5. The summed E-state index contributed by atoms with van der Waals surface area (Å²) in [5.74, 6) is -0.184. The molecule has 0 aliphatic carbocycles. The van der Waals surface area contributed by atoms with Crippen molar-refractivity contribution in [3.8, 4) is 5.75 Å². The Balaban J connectivity index is 0.00000264. The van der Waals surface area contributed by atoms with Gasteiger partial charge in [0.2, 0.25) is 0 Å². The van der Waals surface area contributed by atoms with E-state index >= 15 is 0 Å². The van der Waals surface area contributed by atoms with Gasteiger partial charge in [0, 0.05) is 11.0 Å². The van der Waals surface area contributed by atoms with Gasteiger partial charge in [-0.2, -0.15) is 0 Å². The van der Waals surface area contributed by atoms with Crippen molar-refractivity contribution in [2.24, 2.45) is 0 Å². The maximum Gasteiger partial charge on any atom is 1.00 e. The first kappa shape index (κ1) is 20.0. The number of carboxylic acids is 1. The zero-order valence-electron chi connectivity index (χ0n) is 13.3. The maximum atomic E-state index is 10.5. The van der Waals surface area contributed by atoms with E-state index in [1.165, 1.54) is 0 Å². The van der Waals surface area contributed by atoms with Crippen LogP contribution in [0.3, 0.4) is 0 Å². The summed E-state index contributed by atoms with van der Waals surface area (Å²) >= 11 is 6.18. The van der Waals surface area contributed by atoms with Crippen LogP contribution in [-0.2, 0) is 17.6 Å². The van der Waals surface area contributed by atoms with Crippen LogP contribution < -0.4 is 39.4 Å². The molecule has 0 spiro atoms. The molecule has 0 saturated carbocycles. The van der Waals surface area contributed by atoms with Crippen LogP contribution in [0.15, 0.2) is 48.5 Å². The Hall–Kier alpha value is -1.000. The van der Waals surface area contributed by atoms with Gasteiger partial charge in [0.15, 0.2) is 0 Å². The molecule has 0 aromatic heterocycles. The molecule has 0 heterocycles. The SMILES string of the molecule is O=C([O-])CCc1ccc(CCCOc2ccccc2)cc1Cl.[Na+]. The Bertz CT molecular complexity index is 617. The third-order valence-electron chi connectivity index (χ3n) is 3.34. The first-order chi connectivity index (χ1) is 10.6. The predicted molar refractivity (Wildman–Crippen MR) is 85.0 cm³/mol. The normalized spacial score (nSPS) is 9.96. The number of hydrogen-bond donors (Lipinski definition) is 0. The molecular weight excluding hydrogens is 323 g/mol. The molecule has 2 aromatic rings. The van der Waals surface area contributed by atoms with Crippen molar-refractivity contribution in [1.82, 2.24) is 0 Å². The number of hydrogen-bond acceptors (Lipinski definition) is 3. The van der Waals surface area contributed by atoms with Crippen molar-refractivity contribution in [3.63, 3.8) is 0 Å². The van der Waals surface area contributed by atoms with Gasteiger partial charge in [-0.05, 0) is 55.0 Å². The van der Waals surface area contributed by atoms with Crippen LogP contribution in [0.2, 0.25) is 5.02 Å². The smallest absolute Gasteiger partial charge is 0.550 e. The van der Waals surface area contributed by atoms with Crippen molar-refractivity contribution < 1.29 is 44.2 Å². The van der Waals surface area contributed by atoms with Gasteiger partial charge in [-0.1, -0.05) is 41.9 Å². The molecule has 0 unspecified atom stereocenters. The number of para-hydroxylation sites is 1. The molecule has 0 bridgehead atoms. The molecule has 0 fully saturated rings. The van der Waals surface area contributed by atoms with Crippen LogP contribution >= 0.6 is 11.6 Å². The van der Waals surface area contributed by atoms with Gasteiger partial charge in [-0.15, -0.1) is 0 Å². The van der Waals surface area contributed by atoms with E-state index in [-0.39, 0.29) is 36.0 Å². The minimum absolute atomic E-state index is 0. The molecule has 0 atom stereocenters. The second kappa shape index (κ2) is 10.7. The van der Waals surface area contributed by atoms with Gasteiger partial charge < -0.3 is 14.6 Å². The fourth-order valence-electron chi connectivity index (χ4n) is 2.17. The Morgan fingerprint density at radius 1 is 1.09 bits per heavy atom. The van der Waals surface area contributed by atoms with E-state index in [0.717, 1.165) is 29.7 Å². The van der Waals surface area contributed by atoms with Crippen molar-refractivity contribution in [2.45, 2.75) is 25.7 Å². The number of rotatable bonds is 8. The second-order valence-electron chi connectivity index (χ2n) is 5.06. The average molecular weight is 341 g/mol. The number of aryl methyl sites for hydroxylation is 2. The Kier molecular flexibility index (Phi) is 9.34. The van der Waals surface area contributed by atoms with Crippen LogP contribution in [0.25, 0.3) is 0 Å². The summed E-state index contributed by atoms with van der Waals surface area (Å²) in [5, 5.41) is 11.1. The van der Waals surface area contributed by atoms with Crippen molar-refractivity contribution in [3.05, 3.63) is 64.7 Å². The minimum Gasteiger partial charge on any atom is -0.550 e. The molecule has 0 amide bonds. The Labute approximate surface area is 163 Å². The number of halogens is 1. The van der Waals surface area contributed by atoms with Crippen LogP contribution in [0.4, 0.5) is 0 Å². The fourth-order valence-corrected chi connectivity index (χ4v) is 2.47. The fraction of sp³-hybridized carbons (Fsp3) is 0.278. The molecule has 0 saturated heterocycles. The summed E-state index contributed by atoms with van der Waals surface area (Å²) in [7, 11) is 0. The molecular formula is C18H18ClNaO3. The molecule has 0 N–H and O–H groups in total. The summed E-state index contributed by atoms with van der Waals surface area (Å²) < 4.78 is 5.64. The third-order valence-corrected chi connectivity index (χ3v) is 3.69. The van der Waals surface area contributed by atoms with Crippen molar-refractivity contribution in [1.29, 1.82) is 0 Å². The first-order valence-electron chi connectivity index (χ1n) is 7.30. The van der Waals surface area contributed by atoms with Gasteiger partial charge >= 0.3 is 29.6 Å². The standard InChI is InChI=1S/C18H19ClO3.Na/c19-17-13-14(8-9-15(17)10-11-18(20)21)5-4-12-22-16-6-2-1-3-7-16;/h1-3,6-9,13H,4-5,10-12H2,(H,20,21);/q;+1/p-1. The zero-order valence-corrected chi connectivity index (χ0v) is 16.0. The van der Waals surface area contributed by atoms with E-state index in [9.17, 15) is 9.90 Å². The summed E-state index contributed by atoms with van der Waals surface area (Å²) in [5.41, 5.74) is 1.97. The van der Waals surface area contributed by atoms with Crippen LogP contribution in [-0.4, -0.2) is 12.6 Å². The molecule has 0 radical (unpaired) electrons. The molecule has 2 aromatic carbocycles. The van der Waals surface area contributed by atoms with E-state index in [1.54, 1.807) is 0 Å². The Morgan fingerprint density at radius 2 is 1.83 bits per heavy atom. The maximum absolute atomic E-state index is 10.5. The van der Waals surface area contributed by atoms with Crippen LogP contribution in [0.1, 0.15) is 24.0 Å². The van der Waals surface area contributed by atoms with E-state index in [0.29, 0.717) is 18.1 Å². The van der Waals surface area contributed by atoms with Crippen LogP contribution in [0, 0.1) is 0 Å². The summed E-state index contributed by atoms with van der Waals surface area (Å²) in [6.45, 7) is 0.647. The molecule has 2 rings (SSSR count). The van der Waals surface area contributed by atoms with Gasteiger partial charge in [-0.3, -0.25) is 0 Å². The van der Waals surface area contributed by atoms with Crippen molar-refractivity contribution >= 4 is 17.6 Å². The zero-order chi connectivity index (χ0) is 15.8. The largest absolute Gasteiger partial charge is 1.00 e. The van der Waals surface area contributed by atoms with E-state index in [1.807, 2.05) is 48.5 Å². The second-order valence-corrected chi connectivity index (χ2v) is 5.47. The Morgan fingerprint density at radius 3 is 2.48 bits per heavy atom. The average Bonchev–Trinajstić information content (AvgIpc) is 2.51. The van der Waals surface area contributed by atoms with Gasteiger partial charge in [0.25, 0.3) is 0 Å². The van der Waals surface area contributed by atoms with E-state index in [2.05, 4.69) is 0 Å². The van der Waals surface area contributed by atoms with Crippen molar-refractivity contribution in [2.75, 3.05) is 6.61 Å².